The minimum absolute atomic E-state index is 0.130. The summed E-state index contributed by atoms with van der Waals surface area (Å²) >= 11 is 0. The molecular formula is C16H30N6O2S. The van der Waals surface area contributed by atoms with Crippen LogP contribution < -0.4 is 10.6 Å². The molecule has 1 aliphatic heterocycles. The Hall–Kier alpha value is -1.29. The minimum Gasteiger partial charge on any atom is -0.373 e. The number of anilines is 1. The molecule has 8 nitrogen and oxygen atoms in total. The molecular weight excluding hydrogens is 340 g/mol. The lowest BCUT2D eigenvalue weighted by Crippen LogP contribution is -2.41. The maximum absolute atomic E-state index is 12.6. The van der Waals surface area contributed by atoms with E-state index in [9.17, 15) is 8.42 Å². The summed E-state index contributed by atoms with van der Waals surface area (Å²) in [7, 11) is -0.0897. The Bertz CT molecular complexity index is 657. The van der Waals surface area contributed by atoms with Gasteiger partial charge in [-0.25, -0.2) is 9.97 Å². The fourth-order valence-corrected chi connectivity index (χ4v) is 4.35. The van der Waals surface area contributed by atoms with Crippen LogP contribution in [-0.4, -0.2) is 60.7 Å². The summed E-state index contributed by atoms with van der Waals surface area (Å²) in [4.78, 5) is 9.18. The molecule has 1 aromatic heterocycles. The zero-order valence-electron chi connectivity index (χ0n) is 15.6. The van der Waals surface area contributed by atoms with E-state index in [4.69, 9.17) is 0 Å². The fraction of sp³-hybridized carbons (Fsp3) is 0.750. The first kappa shape index (κ1) is 20.0. The van der Waals surface area contributed by atoms with Crippen LogP contribution in [-0.2, 0) is 16.8 Å². The lowest BCUT2D eigenvalue weighted by atomic mass is 10.0. The summed E-state index contributed by atoms with van der Waals surface area (Å²) < 4.78 is 28.0. The molecule has 0 aromatic carbocycles. The Balaban J connectivity index is 2.23. The molecule has 2 N–H and O–H groups in total. The van der Waals surface area contributed by atoms with Gasteiger partial charge < -0.3 is 10.6 Å². The quantitative estimate of drug-likeness (QED) is 0.718. The van der Waals surface area contributed by atoms with Gasteiger partial charge in [0.15, 0.2) is 0 Å². The van der Waals surface area contributed by atoms with Crippen LogP contribution >= 0.6 is 0 Å². The smallest absolute Gasteiger partial charge is 0.282 e. The van der Waals surface area contributed by atoms with Gasteiger partial charge in [-0.1, -0.05) is 20.3 Å². The van der Waals surface area contributed by atoms with E-state index in [2.05, 4.69) is 20.6 Å². The third-order valence-corrected chi connectivity index (χ3v) is 6.57. The number of hydrogen-bond donors (Lipinski definition) is 2. The molecule has 142 valence electrons. The van der Waals surface area contributed by atoms with Crippen molar-refractivity contribution in [1.82, 2.24) is 23.9 Å². The molecule has 1 aromatic rings. The lowest BCUT2D eigenvalue weighted by Gasteiger charge is -2.26. The molecule has 1 fully saturated rings. The van der Waals surface area contributed by atoms with E-state index in [-0.39, 0.29) is 12.6 Å². The molecule has 1 saturated heterocycles. The van der Waals surface area contributed by atoms with E-state index in [1.54, 1.807) is 20.2 Å². The Morgan fingerprint density at radius 2 is 2.00 bits per heavy atom. The molecule has 1 atom stereocenters. The Kier molecular flexibility index (Phi) is 7.12. The van der Waals surface area contributed by atoms with Gasteiger partial charge in [-0.2, -0.15) is 17.0 Å². The van der Waals surface area contributed by atoms with Crippen LogP contribution in [0.5, 0.6) is 0 Å². The molecule has 9 heteroatoms. The van der Waals surface area contributed by atoms with Crippen LogP contribution in [0, 0.1) is 0 Å². The first-order valence-electron chi connectivity index (χ1n) is 8.92. The van der Waals surface area contributed by atoms with Crippen molar-refractivity contribution in [2.45, 2.75) is 45.7 Å². The second kappa shape index (κ2) is 8.88. The van der Waals surface area contributed by atoms with Gasteiger partial charge in [0.05, 0.1) is 18.3 Å². The molecule has 2 rings (SSSR count). The van der Waals surface area contributed by atoms with Gasteiger partial charge in [0, 0.05) is 33.3 Å². The van der Waals surface area contributed by atoms with Crippen molar-refractivity contribution in [2.24, 2.45) is 0 Å². The summed E-state index contributed by atoms with van der Waals surface area (Å²) in [6, 6.07) is 1.94. The highest BCUT2D eigenvalue weighted by Crippen LogP contribution is 2.22. The maximum Gasteiger partial charge on any atom is 0.282 e. The summed E-state index contributed by atoms with van der Waals surface area (Å²) in [6.45, 7) is 5.76. The van der Waals surface area contributed by atoms with E-state index in [0.29, 0.717) is 24.6 Å². The molecule has 25 heavy (non-hydrogen) atoms. The van der Waals surface area contributed by atoms with Crippen molar-refractivity contribution < 1.29 is 8.42 Å². The first-order valence-corrected chi connectivity index (χ1v) is 10.3. The fourth-order valence-electron chi connectivity index (χ4n) is 3.01. The van der Waals surface area contributed by atoms with Crippen molar-refractivity contribution in [3.8, 4) is 0 Å². The van der Waals surface area contributed by atoms with Gasteiger partial charge in [-0.15, -0.1) is 0 Å². The highest BCUT2D eigenvalue weighted by atomic mass is 32.2. The number of nitrogens with one attached hydrogen (secondary N) is 2. The van der Waals surface area contributed by atoms with E-state index in [1.165, 1.54) is 15.0 Å². The summed E-state index contributed by atoms with van der Waals surface area (Å²) in [5, 5.41) is 6.49. The number of piperidine rings is 1. The number of aromatic nitrogens is 2. The average Bonchev–Trinajstić information content (AvgIpc) is 2.62. The van der Waals surface area contributed by atoms with E-state index >= 15 is 0 Å². The lowest BCUT2D eigenvalue weighted by molar-refractivity contribution is 0.370. The van der Waals surface area contributed by atoms with Crippen molar-refractivity contribution >= 4 is 16.0 Å². The van der Waals surface area contributed by atoms with Crippen molar-refractivity contribution in [3.63, 3.8) is 0 Å². The maximum atomic E-state index is 12.6. The van der Waals surface area contributed by atoms with E-state index in [1.807, 2.05) is 13.8 Å². The third-order valence-electron chi connectivity index (χ3n) is 4.48. The van der Waals surface area contributed by atoms with Crippen LogP contribution in [0.4, 0.5) is 5.82 Å². The van der Waals surface area contributed by atoms with Gasteiger partial charge in [-0.05, 0) is 19.4 Å². The summed E-state index contributed by atoms with van der Waals surface area (Å²) in [5.74, 6) is 1.44. The Morgan fingerprint density at radius 1 is 1.28 bits per heavy atom. The molecule has 0 aliphatic carbocycles. The second-order valence-electron chi connectivity index (χ2n) is 6.20. The van der Waals surface area contributed by atoms with Crippen LogP contribution in [0.3, 0.4) is 0 Å². The van der Waals surface area contributed by atoms with Crippen LogP contribution in [0.15, 0.2) is 6.07 Å². The summed E-state index contributed by atoms with van der Waals surface area (Å²) in [5.41, 5.74) is 0.694. The van der Waals surface area contributed by atoms with Crippen LogP contribution in [0.25, 0.3) is 0 Å². The topological polar surface area (TPSA) is 90.5 Å². The average molecular weight is 371 g/mol. The van der Waals surface area contributed by atoms with E-state index in [0.717, 1.165) is 25.2 Å². The van der Waals surface area contributed by atoms with Gasteiger partial charge in [0.2, 0.25) is 0 Å². The zero-order valence-corrected chi connectivity index (χ0v) is 16.4. The predicted molar refractivity (Wildman–Crippen MR) is 99.5 cm³/mol. The molecule has 0 unspecified atom stereocenters. The first-order chi connectivity index (χ1) is 11.9. The van der Waals surface area contributed by atoms with Gasteiger partial charge in [0.1, 0.15) is 11.6 Å². The highest BCUT2D eigenvalue weighted by Gasteiger charge is 2.26. The molecule has 0 radical (unpaired) electrons. The summed E-state index contributed by atoms with van der Waals surface area (Å²) in [6.07, 6.45) is 3.32. The predicted octanol–water partition coefficient (Wildman–Crippen LogP) is 1.35. The minimum atomic E-state index is -3.49. The standard InChI is InChI=1S/C16H30N6O2S/c1-5-22(6-2)25(23,24)21(4)12-13-11-15(17-3)20-16(19-13)14-9-7-8-10-18-14/h11,14,18H,5-10,12H2,1-4H3,(H,17,19,20)/t14-/m1/s1. The normalized spacial score (nSPS) is 18.7. The number of hydrogen-bond acceptors (Lipinski definition) is 6. The Labute approximate surface area is 151 Å². The van der Waals surface area contributed by atoms with Gasteiger partial charge in [-0.3, -0.25) is 0 Å². The van der Waals surface area contributed by atoms with Crippen LogP contribution in [0.2, 0.25) is 0 Å². The molecule has 0 amide bonds. The van der Waals surface area contributed by atoms with Gasteiger partial charge >= 0.3 is 0 Å². The SMILES string of the molecule is CCN(CC)S(=O)(=O)N(C)Cc1cc(NC)nc([C@H]2CCCCN2)n1. The Morgan fingerprint density at radius 3 is 2.56 bits per heavy atom. The molecule has 0 spiro atoms. The van der Waals surface area contributed by atoms with Crippen LogP contribution in [0.1, 0.15) is 50.7 Å². The van der Waals surface area contributed by atoms with E-state index < -0.39 is 10.2 Å². The molecule has 0 saturated carbocycles. The number of rotatable bonds is 8. The second-order valence-corrected chi connectivity index (χ2v) is 8.24. The largest absolute Gasteiger partial charge is 0.373 e. The van der Waals surface area contributed by atoms with Crippen molar-refractivity contribution in [1.29, 1.82) is 0 Å². The third kappa shape index (κ3) is 4.87. The molecule has 1 aliphatic rings. The molecule has 2 heterocycles. The van der Waals surface area contributed by atoms with Gasteiger partial charge in [0.25, 0.3) is 10.2 Å². The van der Waals surface area contributed by atoms with Crippen molar-refractivity contribution in [2.75, 3.05) is 39.0 Å². The highest BCUT2D eigenvalue weighted by molar-refractivity contribution is 7.86. The molecule has 0 bridgehead atoms. The monoisotopic (exact) mass is 370 g/mol. The number of nitrogens with zero attached hydrogens (tertiary/aromatic N) is 4. The van der Waals surface area contributed by atoms with Crippen molar-refractivity contribution in [3.05, 3.63) is 17.6 Å². The zero-order chi connectivity index (χ0) is 18.4.